The van der Waals surface area contributed by atoms with Gasteiger partial charge in [0.2, 0.25) is 0 Å². The van der Waals surface area contributed by atoms with E-state index in [1.165, 1.54) is 32.1 Å². The molecule has 16 heavy (non-hydrogen) atoms. The molecule has 3 nitrogen and oxygen atoms in total. The van der Waals surface area contributed by atoms with Crippen molar-refractivity contribution in [2.75, 3.05) is 0 Å². The lowest BCUT2D eigenvalue weighted by atomic mass is 9.89. The summed E-state index contributed by atoms with van der Waals surface area (Å²) in [7, 11) is 0. The number of hydrogen-bond donors (Lipinski definition) is 0. The van der Waals surface area contributed by atoms with Gasteiger partial charge in [-0.3, -0.25) is 4.68 Å². The smallest absolute Gasteiger partial charge is 0.0880 e. The van der Waals surface area contributed by atoms with E-state index < -0.39 is 0 Å². The number of rotatable bonds is 2. The zero-order valence-corrected chi connectivity index (χ0v) is 10.7. The van der Waals surface area contributed by atoms with Crippen molar-refractivity contribution in [1.82, 2.24) is 15.0 Å². The molecule has 3 heteroatoms. The third-order valence-corrected chi connectivity index (χ3v) is 3.48. The maximum atomic E-state index is 4.27. The van der Waals surface area contributed by atoms with E-state index in [2.05, 4.69) is 37.3 Å². The molecule has 90 valence electrons. The summed E-state index contributed by atoms with van der Waals surface area (Å²) >= 11 is 0. The van der Waals surface area contributed by atoms with E-state index in [9.17, 15) is 0 Å². The first-order chi connectivity index (χ1) is 7.55. The molecule has 0 aromatic carbocycles. The van der Waals surface area contributed by atoms with Gasteiger partial charge in [-0.1, -0.05) is 45.2 Å². The predicted molar refractivity (Wildman–Crippen MR) is 65.3 cm³/mol. The Balaban J connectivity index is 1.97. The van der Waals surface area contributed by atoms with E-state index in [-0.39, 0.29) is 5.41 Å². The minimum Gasteiger partial charge on any atom is -0.252 e. The summed E-state index contributed by atoms with van der Waals surface area (Å²) in [6, 6.07) is 0. The average Bonchev–Trinajstić information content (AvgIpc) is 2.67. The first kappa shape index (κ1) is 11.6. The lowest BCUT2D eigenvalue weighted by Crippen LogP contribution is -2.15. The minimum atomic E-state index is 0.116. The van der Waals surface area contributed by atoms with Crippen LogP contribution in [-0.4, -0.2) is 15.0 Å². The van der Waals surface area contributed by atoms with Gasteiger partial charge in [0.15, 0.2) is 0 Å². The maximum Gasteiger partial charge on any atom is 0.0880 e. The molecule has 1 saturated carbocycles. The summed E-state index contributed by atoms with van der Waals surface area (Å²) in [5, 5.41) is 8.51. The average molecular weight is 221 g/mol. The van der Waals surface area contributed by atoms with E-state index in [0.717, 1.165) is 18.2 Å². The molecule has 0 N–H and O–H groups in total. The summed E-state index contributed by atoms with van der Waals surface area (Å²) in [4.78, 5) is 0. The van der Waals surface area contributed by atoms with Gasteiger partial charge in [0, 0.05) is 18.2 Å². The molecule has 0 aliphatic heterocycles. The van der Waals surface area contributed by atoms with Crippen LogP contribution in [0.25, 0.3) is 0 Å². The van der Waals surface area contributed by atoms with Gasteiger partial charge >= 0.3 is 0 Å². The predicted octanol–water partition coefficient (Wildman–Crippen LogP) is 3.16. The third-order valence-electron chi connectivity index (χ3n) is 3.48. The van der Waals surface area contributed by atoms with Gasteiger partial charge in [-0.05, 0) is 18.8 Å². The molecule has 1 aliphatic rings. The minimum absolute atomic E-state index is 0.116. The summed E-state index contributed by atoms with van der Waals surface area (Å²) in [5.74, 6) is 0.822. The SMILES string of the molecule is CC(C)(C)c1cn(CC2CCCCC2)nn1. The summed E-state index contributed by atoms with van der Waals surface area (Å²) in [6.07, 6.45) is 9.06. The molecule has 0 atom stereocenters. The van der Waals surface area contributed by atoms with Crippen LogP contribution in [0.5, 0.6) is 0 Å². The number of hydrogen-bond acceptors (Lipinski definition) is 2. The molecule has 1 aromatic rings. The Labute approximate surface area is 98.2 Å². The van der Waals surface area contributed by atoms with E-state index in [1.54, 1.807) is 0 Å². The molecule has 0 spiro atoms. The molecule has 0 saturated heterocycles. The molecule has 1 fully saturated rings. The van der Waals surface area contributed by atoms with Crippen LogP contribution >= 0.6 is 0 Å². The van der Waals surface area contributed by atoms with Crippen molar-refractivity contribution in [3.8, 4) is 0 Å². The highest BCUT2D eigenvalue weighted by Crippen LogP contribution is 2.25. The van der Waals surface area contributed by atoms with Crippen LogP contribution in [-0.2, 0) is 12.0 Å². The second-order valence-corrected chi connectivity index (χ2v) is 6.08. The van der Waals surface area contributed by atoms with Crippen LogP contribution in [0, 0.1) is 5.92 Å². The zero-order chi connectivity index (χ0) is 11.6. The molecule has 0 unspecified atom stereocenters. The largest absolute Gasteiger partial charge is 0.252 e. The topological polar surface area (TPSA) is 30.7 Å². The van der Waals surface area contributed by atoms with Crippen molar-refractivity contribution in [3.05, 3.63) is 11.9 Å². The van der Waals surface area contributed by atoms with Crippen LogP contribution in [0.2, 0.25) is 0 Å². The van der Waals surface area contributed by atoms with Gasteiger partial charge in [-0.15, -0.1) is 5.10 Å². The lowest BCUT2D eigenvalue weighted by molar-refractivity contribution is 0.305. The Bertz CT molecular complexity index is 329. The van der Waals surface area contributed by atoms with Crippen molar-refractivity contribution in [2.45, 2.75) is 64.8 Å². The molecular weight excluding hydrogens is 198 g/mol. The number of nitrogens with zero attached hydrogens (tertiary/aromatic N) is 3. The molecule has 2 rings (SSSR count). The second-order valence-electron chi connectivity index (χ2n) is 6.08. The fraction of sp³-hybridized carbons (Fsp3) is 0.846. The Kier molecular flexibility index (Phi) is 3.31. The molecule has 0 amide bonds. The maximum absolute atomic E-state index is 4.27. The Morgan fingerprint density at radius 2 is 1.94 bits per heavy atom. The Morgan fingerprint density at radius 1 is 1.25 bits per heavy atom. The monoisotopic (exact) mass is 221 g/mol. The highest BCUT2D eigenvalue weighted by atomic mass is 15.4. The van der Waals surface area contributed by atoms with Crippen molar-refractivity contribution >= 4 is 0 Å². The summed E-state index contributed by atoms with van der Waals surface area (Å²) in [6.45, 7) is 7.61. The molecule has 1 aromatic heterocycles. The van der Waals surface area contributed by atoms with E-state index in [4.69, 9.17) is 0 Å². The highest BCUT2D eigenvalue weighted by Gasteiger charge is 2.19. The van der Waals surface area contributed by atoms with Crippen LogP contribution < -0.4 is 0 Å². The fourth-order valence-electron chi connectivity index (χ4n) is 2.37. The number of aromatic nitrogens is 3. The first-order valence-corrected chi connectivity index (χ1v) is 6.46. The molecule has 0 bridgehead atoms. The van der Waals surface area contributed by atoms with Gasteiger partial charge < -0.3 is 0 Å². The molecular formula is C13H23N3. The summed E-state index contributed by atoms with van der Waals surface area (Å²) in [5.41, 5.74) is 1.22. The lowest BCUT2D eigenvalue weighted by Gasteiger charge is -2.21. The second kappa shape index (κ2) is 4.56. The fourth-order valence-corrected chi connectivity index (χ4v) is 2.37. The van der Waals surface area contributed by atoms with Crippen molar-refractivity contribution < 1.29 is 0 Å². The van der Waals surface area contributed by atoms with Gasteiger partial charge in [0.05, 0.1) is 5.69 Å². The molecule has 1 heterocycles. The van der Waals surface area contributed by atoms with Crippen molar-refractivity contribution in [1.29, 1.82) is 0 Å². The Hall–Kier alpha value is -0.860. The quantitative estimate of drug-likeness (QED) is 0.768. The van der Waals surface area contributed by atoms with Gasteiger partial charge in [-0.2, -0.15) is 0 Å². The normalized spacial score (nSPS) is 18.9. The van der Waals surface area contributed by atoms with Crippen LogP contribution in [0.3, 0.4) is 0 Å². The van der Waals surface area contributed by atoms with Crippen LogP contribution in [0.1, 0.15) is 58.6 Å². The van der Waals surface area contributed by atoms with E-state index in [0.29, 0.717) is 0 Å². The highest BCUT2D eigenvalue weighted by molar-refractivity contribution is 5.06. The molecule has 1 aliphatic carbocycles. The first-order valence-electron chi connectivity index (χ1n) is 6.46. The standard InChI is InChI=1S/C13H23N3/c1-13(2,3)12-10-16(15-14-12)9-11-7-5-4-6-8-11/h10-11H,4-9H2,1-3H3. The molecule has 0 radical (unpaired) electrons. The van der Waals surface area contributed by atoms with Gasteiger partial charge in [0.25, 0.3) is 0 Å². The van der Waals surface area contributed by atoms with Crippen molar-refractivity contribution in [2.24, 2.45) is 5.92 Å². The van der Waals surface area contributed by atoms with Gasteiger partial charge in [-0.25, -0.2) is 0 Å². The van der Waals surface area contributed by atoms with Crippen LogP contribution in [0.4, 0.5) is 0 Å². The van der Waals surface area contributed by atoms with Gasteiger partial charge in [0.1, 0.15) is 0 Å². The van der Waals surface area contributed by atoms with E-state index in [1.807, 2.05) is 4.68 Å². The van der Waals surface area contributed by atoms with Crippen molar-refractivity contribution in [3.63, 3.8) is 0 Å². The summed E-state index contributed by atoms with van der Waals surface area (Å²) < 4.78 is 2.04. The third kappa shape index (κ3) is 2.83. The Morgan fingerprint density at radius 3 is 2.50 bits per heavy atom. The zero-order valence-electron chi connectivity index (χ0n) is 10.7. The van der Waals surface area contributed by atoms with Crippen LogP contribution in [0.15, 0.2) is 6.20 Å². The van der Waals surface area contributed by atoms with E-state index >= 15 is 0 Å².